The molecule has 0 amide bonds. The summed E-state index contributed by atoms with van der Waals surface area (Å²) in [5, 5.41) is 17.9. The normalized spacial score (nSPS) is 17.5. The Hall–Kier alpha value is -0.120. The highest BCUT2D eigenvalue weighted by Gasteiger charge is 2.32. The zero-order chi connectivity index (χ0) is 9.07. The van der Waals surface area contributed by atoms with Gasteiger partial charge in [-0.15, -0.1) is 0 Å². The molecular weight excluding hydrogens is 144 g/mol. The Morgan fingerprint density at radius 3 is 1.91 bits per heavy atom. The Labute approximate surface area is 68.0 Å². The molecule has 0 fully saturated rings. The smallest absolute Gasteiger partial charge is 0.181 e. The molecule has 0 saturated carbocycles. The van der Waals surface area contributed by atoms with Crippen LogP contribution in [0.15, 0.2) is 0 Å². The van der Waals surface area contributed by atoms with Gasteiger partial charge in [0.2, 0.25) is 0 Å². The predicted molar refractivity (Wildman–Crippen MR) is 43.1 cm³/mol. The van der Waals surface area contributed by atoms with Gasteiger partial charge in [0.1, 0.15) is 5.60 Å². The number of rotatable bonds is 4. The molecule has 0 aromatic heterocycles. The monoisotopic (exact) mass is 162 g/mol. The molecule has 0 aromatic rings. The lowest BCUT2D eigenvalue weighted by Gasteiger charge is -2.31. The summed E-state index contributed by atoms with van der Waals surface area (Å²) in [6.45, 7) is 5.72. The van der Waals surface area contributed by atoms with Gasteiger partial charge in [-0.1, -0.05) is 13.8 Å². The molecule has 0 bridgehead atoms. The SMILES string of the molecule is COC(C)(CC(C)C)C(O)O. The molecule has 1 atom stereocenters. The minimum absolute atomic E-state index is 0.391. The van der Waals surface area contributed by atoms with Crippen molar-refractivity contribution in [2.45, 2.75) is 39.1 Å². The van der Waals surface area contributed by atoms with Gasteiger partial charge in [0.15, 0.2) is 6.29 Å². The van der Waals surface area contributed by atoms with Crippen LogP contribution in [0.25, 0.3) is 0 Å². The van der Waals surface area contributed by atoms with Gasteiger partial charge in [-0.25, -0.2) is 0 Å². The summed E-state index contributed by atoms with van der Waals surface area (Å²) >= 11 is 0. The maximum Gasteiger partial charge on any atom is 0.181 e. The number of ether oxygens (including phenoxy) is 1. The number of methoxy groups -OCH3 is 1. The van der Waals surface area contributed by atoms with Crippen LogP contribution in [-0.4, -0.2) is 29.2 Å². The van der Waals surface area contributed by atoms with Crippen LogP contribution >= 0.6 is 0 Å². The van der Waals surface area contributed by atoms with Crippen molar-refractivity contribution in [3.05, 3.63) is 0 Å². The van der Waals surface area contributed by atoms with E-state index in [2.05, 4.69) is 0 Å². The third-order valence-electron chi connectivity index (χ3n) is 1.83. The molecule has 3 heteroatoms. The van der Waals surface area contributed by atoms with E-state index >= 15 is 0 Å². The summed E-state index contributed by atoms with van der Waals surface area (Å²) in [6, 6.07) is 0. The van der Waals surface area contributed by atoms with Crippen LogP contribution in [0, 0.1) is 5.92 Å². The summed E-state index contributed by atoms with van der Waals surface area (Å²) in [5.74, 6) is 0.391. The number of aliphatic hydroxyl groups is 2. The van der Waals surface area contributed by atoms with E-state index in [0.717, 1.165) is 0 Å². The maximum absolute atomic E-state index is 8.95. The minimum Gasteiger partial charge on any atom is -0.373 e. The van der Waals surface area contributed by atoms with Crippen LogP contribution in [0.3, 0.4) is 0 Å². The molecule has 3 nitrogen and oxygen atoms in total. The van der Waals surface area contributed by atoms with Crippen LogP contribution in [0.2, 0.25) is 0 Å². The summed E-state index contributed by atoms with van der Waals surface area (Å²) in [5.41, 5.74) is -0.825. The standard InChI is InChI=1S/C8H18O3/c1-6(2)5-8(3,11-4)7(9)10/h6-7,9-10H,5H2,1-4H3. The molecular formula is C8H18O3. The Morgan fingerprint density at radius 1 is 1.36 bits per heavy atom. The van der Waals surface area contributed by atoms with E-state index in [0.29, 0.717) is 12.3 Å². The Balaban J connectivity index is 4.10. The summed E-state index contributed by atoms with van der Waals surface area (Å²) < 4.78 is 5.01. The lowest BCUT2D eigenvalue weighted by Crippen LogP contribution is -2.42. The molecule has 0 aliphatic carbocycles. The average molecular weight is 162 g/mol. The molecule has 0 heterocycles. The average Bonchev–Trinajstić information content (AvgIpc) is 1.86. The first-order chi connectivity index (χ1) is 4.92. The van der Waals surface area contributed by atoms with E-state index in [1.807, 2.05) is 13.8 Å². The fourth-order valence-electron chi connectivity index (χ4n) is 1.10. The number of hydrogen-bond acceptors (Lipinski definition) is 3. The zero-order valence-corrected chi connectivity index (χ0v) is 7.66. The van der Waals surface area contributed by atoms with E-state index in [9.17, 15) is 0 Å². The van der Waals surface area contributed by atoms with Gasteiger partial charge in [0.05, 0.1) is 0 Å². The molecule has 1 unspecified atom stereocenters. The van der Waals surface area contributed by atoms with Crippen LogP contribution in [-0.2, 0) is 4.74 Å². The van der Waals surface area contributed by atoms with Gasteiger partial charge in [-0.05, 0) is 19.3 Å². The highest BCUT2D eigenvalue weighted by atomic mass is 16.6. The van der Waals surface area contributed by atoms with Crippen molar-refractivity contribution >= 4 is 0 Å². The Bertz CT molecular complexity index is 112. The van der Waals surface area contributed by atoms with E-state index in [4.69, 9.17) is 14.9 Å². The Kier molecular flexibility index (Phi) is 4.00. The molecule has 0 aliphatic heterocycles. The summed E-state index contributed by atoms with van der Waals surface area (Å²) in [6.07, 6.45) is -0.767. The minimum atomic E-state index is -1.41. The maximum atomic E-state index is 8.95. The van der Waals surface area contributed by atoms with Crippen LogP contribution in [0.4, 0.5) is 0 Å². The first kappa shape index (κ1) is 10.9. The molecule has 0 rings (SSSR count). The quantitative estimate of drug-likeness (QED) is 0.600. The molecule has 0 aromatic carbocycles. The highest BCUT2D eigenvalue weighted by molar-refractivity contribution is 4.78. The van der Waals surface area contributed by atoms with E-state index in [-0.39, 0.29) is 0 Å². The van der Waals surface area contributed by atoms with E-state index < -0.39 is 11.9 Å². The third kappa shape index (κ3) is 3.18. The third-order valence-corrected chi connectivity index (χ3v) is 1.83. The second-order valence-corrected chi connectivity index (χ2v) is 3.49. The largest absolute Gasteiger partial charge is 0.373 e. The zero-order valence-electron chi connectivity index (χ0n) is 7.66. The van der Waals surface area contributed by atoms with Gasteiger partial charge in [-0.3, -0.25) is 0 Å². The van der Waals surface area contributed by atoms with E-state index in [1.165, 1.54) is 7.11 Å². The van der Waals surface area contributed by atoms with Gasteiger partial charge < -0.3 is 14.9 Å². The fourth-order valence-corrected chi connectivity index (χ4v) is 1.10. The van der Waals surface area contributed by atoms with Gasteiger partial charge in [0, 0.05) is 7.11 Å². The second kappa shape index (κ2) is 4.04. The van der Waals surface area contributed by atoms with Gasteiger partial charge >= 0.3 is 0 Å². The van der Waals surface area contributed by atoms with Crippen molar-refractivity contribution in [1.82, 2.24) is 0 Å². The predicted octanol–water partition coefficient (Wildman–Crippen LogP) is 0.748. The Morgan fingerprint density at radius 2 is 1.82 bits per heavy atom. The molecule has 0 saturated heterocycles. The highest BCUT2D eigenvalue weighted by Crippen LogP contribution is 2.22. The molecule has 0 aliphatic rings. The summed E-state index contributed by atoms with van der Waals surface area (Å²) in [4.78, 5) is 0. The first-order valence-corrected chi connectivity index (χ1v) is 3.83. The lowest BCUT2D eigenvalue weighted by molar-refractivity contribution is -0.195. The fraction of sp³-hybridized carbons (Fsp3) is 1.00. The van der Waals surface area contributed by atoms with Crippen LogP contribution in [0.1, 0.15) is 27.2 Å². The van der Waals surface area contributed by atoms with Crippen molar-refractivity contribution in [1.29, 1.82) is 0 Å². The molecule has 0 spiro atoms. The van der Waals surface area contributed by atoms with Crippen molar-refractivity contribution in [2.75, 3.05) is 7.11 Å². The first-order valence-electron chi connectivity index (χ1n) is 3.83. The topological polar surface area (TPSA) is 49.7 Å². The lowest BCUT2D eigenvalue weighted by atomic mass is 9.93. The van der Waals surface area contributed by atoms with Crippen molar-refractivity contribution in [3.8, 4) is 0 Å². The van der Waals surface area contributed by atoms with Crippen molar-refractivity contribution in [3.63, 3.8) is 0 Å². The van der Waals surface area contributed by atoms with Gasteiger partial charge in [-0.2, -0.15) is 0 Å². The van der Waals surface area contributed by atoms with Crippen LogP contribution < -0.4 is 0 Å². The van der Waals surface area contributed by atoms with Crippen LogP contribution in [0.5, 0.6) is 0 Å². The number of aliphatic hydroxyl groups excluding tert-OH is 1. The molecule has 2 N–H and O–H groups in total. The molecule has 0 radical (unpaired) electrons. The molecule has 68 valence electrons. The van der Waals surface area contributed by atoms with E-state index in [1.54, 1.807) is 6.92 Å². The number of hydrogen-bond donors (Lipinski definition) is 2. The summed E-state index contributed by atoms with van der Waals surface area (Å²) in [7, 11) is 1.49. The van der Waals surface area contributed by atoms with Crippen molar-refractivity contribution < 1.29 is 14.9 Å². The van der Waals surface area contributed by atoms with Crippen molar-refractivity contribution in [2.24, 2.45) is 5.92 Å². The second-order valence-electron chi connectivity index (χ2n) is 3.49. The molecule has 11 heavy (non-hydrogen) atoms. The van der Waals surface area contributed by atoms with Gasteiger partial charge in [0.25, 0.3) is 0 Å².